The standard InChI is InChI=1S/C26H25N3O5S/c1-5-34-25(32)23-16(3)27-15(2)22(23)21(30)14-35-26-28-20-12-7-6-11-19(20)24(31)29(26)17-9-8-10-18(13-17)33-4/h6-13,27H,5,14H2,1-4H3. The first-order chi connectivity index (χ1) is 16.8. The summed E-state index contributed by atoms with van der Waals surface area (Å²) < 4.78 is 12.0. The molecule has 0 aliphatic heterocycles. The average molecular weight is 492 g/mol. The van der Waals surface area contributed by atoms with E-state index >= 15 is 0 Å². The van der Waals surface area contributed by atoms with Gasteiger partial charge in [0.1, 0.15) is 5.75 Å². The Morgan fingerprint density at radius 2 is 1.80 bits per heavy atom. The van der Waals surface area contributed by atoms with Crippen LogP contribution in [0.1, 0.15) is 39.0 Å². The van der Waals surface area contributed by atoms with E-state index in [-0.39, 0.29) is 29.3 Å². The summed E-state index contributed by atoms with van der Waals surface area (Å²) in [6.07, 6.45) is 0. The summed E-state index contributed by atoms with van der Waals surface area (Å²) in [5, 5.41) is 0.825. The van der Waals surface area contributed by atoms with Crippen molar-refractivity contribution in [3.05, 3.63) is 81.4 Å². The molecule has 0 atom stereocenters. The van der Waals surface area contributed by atoms with Crippen LogP contribution in [-0.4, -0.2) is 45.8 Å². The fourth-order valence-electron chi connectivity index (χ4n) is 3.98. The Balaban J connectivity index is 1.76. The summed E-state index contributed by atoms with van der Waals surface area (Å²) in [5.74, 6) is -0.245. The SMILES string of the molecule is CCOC(=O)c1c(C)[nH]c(C)c1C(=O)CSc1nc2ccccc2c(=O)n1-c1cccc(OC)c1. The van der Waals surface area contributed by atoms with Crippen molar-refractivity contribution in [1.29, 1.82) is 0 Å². The van der Waals surface area contributed by atoms with Gasteiger partial charge in [-0.3, -0.25) is 14.2 Å². The van der Waals surface area contributed by atoms with E-state index in [0.717, 1.165) is 11.8 Å². The van der Waals surface area contributed by atoms with Gasteiger partial charge in [-0.15, -0.1) is 0 Å². The van der Waals surface area contributed by atoms with Crippen LogP contribution in [0.15, 0.2) is 58.5 Å². The Labute approximate surface area is 206 Å². The molecule has 2 heterocycles. The highest BCUT2D eigenvalue weighted by Gasteiger charge is 2.26. The molecular weight excluding hydrogens is 466 g/mol. The van der Waals surface area contributed by atoms with Crippen LogP contribution in [-0.2, 0) is 4.74 Å². The van der Waals surface area contributed by atoms with Crippen LogP contribution in [0.5, 0.6) is 5.75 Å². The summed E-state index contributed by atoms with van der Waals surface area (Å²) in [6.45, 7) is 5.40. The third kappa shape index (κ3) is 4.72. The monoisotopic (exact) mass is 491 g/mol. The van der Waals surface area contributed by atoms with E-state index in [2.05, 4.69) is 9.97 Å². The lowest BCUT2D eigenvalue weighted by Crippen LogP contribution is -2.22. The minimum atomic E-state index is -0.542. The lowest BCUT2D eigenvalue weighted by atomic mass is 10.1. The second kappa shape index (κ2) is 10.2. The topological polar surface area (TPSA) is 103 Å². The van der Waals surface area contributed by atoms with Crippen molar-refractivity contribution < 1.29 is 19.1 Å². The van der Waals surface area contributed by atoms with Gasteiger partial charge >= 0.3 is 5.97 Å². The molecule has 0 saturated carbocycles. The molecular formula is C26H25N3O5S. The first kappa shape index (κ1) is 24.3. The van der Waals surface area contributed by atoms with Crippen molar-refractivity contribution >= 4 is 34.4 Å². The number of methoxy groups -OCH3 is 1. The largest absolute Gasteiger partial charge is 0.497 e. The summed E-state index contributed by atoms with van der Waals surface area (Å²) in [7, 11) is 1.55. The maximum absolute atomic E-state index is 13.5. The molecule has 0 aliphatic carbocycles. The van der Waals surface area contributed by atoms with Gasteiger partial charge in [-0.1, -0.05) is 30.0 Å². The maximum Gasteiger partial charge on any atom is 0.340 e. The fourth-order valence-corrected chi connectivity index (χ4v) is 4.86. The molecule has 2 aromatic carbocycles. The summed E-state index contributed by atoms with van der Waals surface area (Å²) in [5.41, 5.74) is 2.56. The molecule has 0 amide bonds. The zero-order valence-corrected chi connectivity index (χ0v) is 20.7. The normalized spacial score (nSPS) is 11.0. The lowest BCUT2D eigenvalue weighted by molar-refractivity contribution is 0.0522. The molecule has 0 radical (unpaired) electrons. The first-order valence-corrected chi connectivity index (χ1v) is 12.0. The zero-order chi connectivity index (χ0) is 25.1. The van der Waals surface area contributed by atoms with Crippen LogP contribution in [0.4, 0.5) is 0 Å². The number of hydrogen-bond acceptors (Lipinski definition) is 7. The Morgan fingerprint density at radius 3 is 2.54 bits per heavy atom. The predicted octanol–water partition coefficient (Wildman–Crippen LogP) is 4.49. The number of Topliss-reactive ketones (excluding diaryl/α,β-unsaturated/α-hetero) is 1. The predicted molar refractivity (Wildman–Crippen MR) is 135 cm³/mol. The average Bonchev–Trinajstić information content (AvgIpc) is 3.16. The van der Waals surface area contributed by atoms with E-state index in [1.807, 2.05) is 6.07 Å². The third-order valence-electron chi connectivity index (χ3n) is 5.52. The molecule has 1 N–H and O–H groups in total. The molecule has 180 valence electrons. The Hall–Kier alpha value is -3.85. The molecule has 2 aromatic heterocycles. The van der Waals surface area contributed by atoms with Gasteiger partial charge < -0.3 is 14.5 Å². The highest BCUT2D eigenvalue weighted by molar-refractivity contribution is 7.99. The zero-order valence-electron chi connectivity index (χ0n) is 19.9. The number of nitrogens with zero attached hydrogens (tertiary/aromatic N) is 2. The van der Waals surface area contributed by atoms with Crippen LogP contribution in [0.3, 0.4) is 0 Å². The molecule has 9 heteroatoms. The second-order valence-corrected chi connectivity index (χ2v) is 8.75. The molecule has 0 spiro atoms. The number of carbonyl (C=O) groups excluding carboxylic acids is 2. The van der Waals surface area contributed by atoms with Gasteiger partial charge in [-0.2, -0.15) is 0 Å². The molecule has 35 heavy (non-hydrogen) atoms. The molecule has 4 aromatic rings. The number of aromatic amines is 1. The number of ketones is 1. The van der Waals surface area contributed by atoms with Crippen molar-refractivity contribution in [2.45, 2.75) is 25.9 Å². The summed E-state index contributed by atoms with van der Waals surface area (Å²) in [4.78, 5) is 47.0. The highest BCUT2D eigenvalue weighted by Crippen LogP contribution is 2.26. The van der Waals surface area contributed by atoms with Gasteiger partial charge in [-0.25, -0.2) is 9.78 Å². The Morgan fingerprint density at radius 1 is 1.06 bits per heavy atom. The van der Waals surface area contributed by atoms with E-state index in [9.17, 15) is 14.4 Å². The number of hydrogen-bond donors (Lipinski definition) is 1. The molecule has 0 fully saturated rings. The molecule has 0 saturated heterocycles. The first-order valence-electron chi connectivity index (χ1n) is 11.0. The van der Waals surface area contributed by atoms with E-state index in [1.165, 1.54) is 4.57 Å². The van der Waals surface area contributed by atoms with Gasteiger partial charge in [0.2, 0.25) is 0 Å². The number of fused-ring (bicyclic) bond motifs is 1. The summed E-state index contributed by atoms with van der Waals surface area (Å²) in [6, 6.07) is 14.2. The molecule has 0 aliphatic rings. The van der Waals surface area contributed by atoms with Crippen molar-refractivity contribution in [2.24, 2.45) is 0 Å². The highest BCUT2D eigenvalue weighted by atomic mass is 32.2. The summed E-state index contributed by atoms with van der Waals surface area (Å²) >= 11 is 1.13. The van der Waals surface area contributed by atoms with Crippen LogP contribution < -0.4 is 10.3 Å². The fraction of sp³-hybridized carbons (Fsp3) is 0.231. The van der Waals surface area contributed by atoms with Crippen molar-refractivity contribution in [3.63, 3.8) is 0 Å². The Bertz CT molecular complexity index is 1490. The van der Waals surface area contributed by atoms with Gasteiger partial charge in [0, 0.05) is 17.5 Å². The van der Waals surface area contributed by atoms with E-state index < -0.39 is 5.97 Å². The van der Waals surface area contributed by atoms with E-state index in [0.29, 0.717) is 44.4 Å². The van der Waals surface area contributed by atoms with E-state index in [4.69, 9.17) is 9.47 Å². The van der Waals surface area contributed by atoms with Gasteiger partial charge in [-0.05, 0) is 45.0 Å². The van der Waals surface area contributed by atoms with Gasteiger partial charge in [0.25, 0.3) is 5.56 Å². The third-order valence-corrected chi connectivity index (χ3v) is 6.46. The van der Waals surface area contributed by atoms with Gasteiger partial charge in [0.05, 0.1) is 47.2 Å². The van der Waals surface area contributed by atoms with Crippen molar-refractivity contribution in [2.75, 3.05) is 19.5 Å². The Kier molecular flexibility index (Phi) is 7.07. The molecule has 8 nitrogen and oxygen atoms in total. The smallest absolute Gasteiger partial charge is 0.340 e. The number of aryl methyl sites for hydroxylation is 2. The minimum absolute atomic E-state index is 0.0285. The molecule has 0 bridgehead atoms. The molecule has 4 rings (SSSR count). The number of nitrogens with one attached hydrogen (secondary N) is 1. The van der Waals surface area contributed by atoms with Crippen LogP contribution in [0, 0.1) is 13.8 Å². The minimum Gasteiger partial charge on any atom is -0.497 e. The number of thioether (sulfide) groups is 1. The van der Waals surface area contributed by atoms with Gasteiger partial charge in [0.15, 0.2) is 10.9 Å². The van der Waals surface area contributed by atoms with Crippen LogP contribution in [0.2, 0.25) is 0 Å². The van der Waals surface area contributed by atoms with Crippen LogP contribution in [0.25, 0.3) is 16.6 Å². The number of aromatic nitrogens is 3. The quantitative estimate of drug-likeness (QED) is 0.168. The van der Waals surface area contributed by atoms with Crippen LogP contribution >= 0.6 is 11.8 Å². The van der Waals surface area contributed by atoms with Crippen molar-refractivity contribution in [1.82, 2.24) is 14.5 Å². The maximum atomic E-state index is 13.5. The number of benzene rings is 2. The number of para-hydroxylation sites is 1. The number of ether oxygens (including phenoxy) is 2. The van der Waals surface area contributed by atoms with Crippen molar-refractivity contribution in [3.8, 4) is 11.4 Å². The van der Waals surface area contributed by atoms with E-state index in [1.54, 1.807) is 70.3 Å². The molecule has 0 unspecified atom stereocenters. The number of H-pyrrole nitrogens is 1. The second-order valence-electron chi connectivity index (χ2n) is 7.81. The number of carbonyl (C=O) groups is 2. The number of rotatable bonds is 8. The lowest BCUT2D eigenvalue weighted by Gasteiger charge is -2.14. The number of esters is 1.